The van der Waals surface area contributed by atoms with Crippen LogP contribution in [0, 0.1) is 23.2 Å². The maximum Gasteiger partial charge on any atom is 0.0955 e. The van der Waals surface area contributed by atoms with Gasteiger partial charge in [-0.2, -0.15) is 5.26 Å². The molecule has 2 heteroatoms. The molecule has 0 spiro atoms. The summed E-state index contributed by atoms with van der Waals surface area (Å²) in [4.78, 5) is 0. The van der Waals surface area contributed by atoms with Crippen LogP contribution in [0.15, 0.2) is 0 Å². The van der Waals surface area contributed by atoms with Crippen LogP contribution in [0.25, 0.3) is 0 Å². The summed E-state index contributed by atoms with van der Waals surface area (Å²) < 4.78 is 0. The minimum atomic E-state index is 0.0746. The molecule has 0 aromatic rings. The molecule has 1 aliphatic rings. The molecule has 0 heterocycles. The maximum atomic E-state index is 8.80. The average Bonchev–Trinajstić information content (AvgIpc) is 2.80. The van der Waals surface area contributed by atoms with E-state index in [4.69, 9.17) is 5.26 Å². The predicted molar refractivity (Wildman–Crippen MR) is 49.6 cm³/mol. The first-order chi connectivity index (χ1) is 5.72. The lowest BCUT2D eigenvalue weighted by Gasteiger charge is -2.12. The molecule has 12 heavy (non-hydrogen) atoms. The largest absolute Gasteiger partial charge is 0.302 e. The zero-order valence-electron chi connectivity index (χ0n) is 8.01. The zero-order chi connectivity index (χ0) is 8.97. The van der Waals surface area contributed by atoms with E-state index in [9.17, 15) is 0 Å². The van der Waals surface area contributed by atoms with E-state index >= 15 is 0 Å². The van der Waals surface area contributed by atoms with Crippen molar-refractivity contribution in [3.05, 3.63) is 0 Å². The fourth-order valence-corrected chi connectivity index (χ4v) is 1.28. The van der Waals surface area contributed by atoms with Crippen LogP contribution < -0.4 is 5.32 Å². The Bertz CT molecular complexity index is 165. The van der Waals surface area contributed by atoms with Gasteiger partial charge in [-0.1, -0.05) is 13.8 Å². The average molecular weight is 166 g/mol. The molecule has 1 atom stereocenters. The van der Waals surface area contributed by atoms with Gasteiger partial charge in [0.05, 0.1) is 12.1 Å². The Balaban J connectivity index is 2.11. The fourth-order valence-electron chi connectivity index (χ4n) is 1.28. The number of rotatable bonds is 5. The van der Waals surface area contributed by atoms with Crippen LogP contribution >= 0.6 is 0 Å². The van der Waals surface area contributed by atoms with Crippen LogP contribution in [0.5, 0.6) is 0 Å². The minimum Gasteiger partial charge on any atom is -0.302 e. The van der Waals surface area contributed by atoms with Gasteiger partial charge in [0.25, 0.3) is 0 Å². The molecule has 0 aromatic carbocycles. The van der Waals surface area contributed by atoms with E-state index in [1.807, 2.05) is 0 Å². The van der Waals surface area contributed by atoms with Gasteiger partial charge in [-0.3, -0.25) is 0 Å². The molecule has 0 bridgehead atoms. The molecule has 0 aromatic heterocycles. The van der Waals surface area contributed by atoms with Crippen LogP contribution in [0.1, 0.15) is 33.1 Å². The molecule has 0 aliphatic heterocycles. The third kappa shape index (κ3) is 3.73. The van der Waals surface area contributed by atoms with Crippen molar-refractivity contribution in [2.24, 2.45) is 11.8 Å². The Kier molecular flexibility index (Phi) is 3.55. The molecule has 1 N–H and O–H groups in total. The highest BCUT2D eigenvalue weighted by atomic mass is 14.9. The SMILES string of the molecule is CC(C)CC(C#N)NCC1CC1. The summed E-state index contributed by atoms with van der Waals surface area (Å²) >= 11 is 0. The Morgan fingerprint density at radius 2 is 2.17 bits per heavy atom. The molecule has 1 saturated carbocycles. The van der Waals surface area contributed by atoms with Gasteiger partial charge in [0.15, 0.2) is 0 Å². The van der Waals surface area contributed by atoms with Crippen LogP contribution in [0.4, 0.5) is 0 Å². The van der Waals surface area contributed by atoms with Gasteiger partial charge in [-0.15, -0.1) is 0 Å². The van der Waals surface area contributed by atoms with Crippen LogP contribution in [0.3, 0.4) is 0 Å². The van der Waals surface area contributed by atoms with E-state index in [2.05, 4.69) is 25.2 Å². The lowest BCUT2D eigenvalue weighted by Crippen LogP contribution is -2.30. The third-order valence-corrected chi connectivity index (χ3v) is 2.21. The van der Waals surface area contributed by atoms with Crippen molar-refractivity contribution in [1.29, 1.82) is 5.26 Å². The summed E-state index contributed by atoms with van der Waals surface area (Å²) in [6.45, 7) is 5.36. The molecule has 1 unspecified atom stereocenters. The maximum absolute atomic E-state index is 8.80. The second-order valence-electron chi connectivity index (χ2n) is 4.16. The van der Waals surface area contributed by atoms with Crippen molar-refractivity contribution < 1.29 is 0 Å². The van der Waals surface area contributed by atoms with Crippen molar-refractivity contribution in [2.75, 3.05) is 6.54 Å². The van der Waals surface area contributed by atoms with Crippen LogP contribution in [0.2, 0.25) is 0 Å². The highest BCUT2D eigenvalue weighted by Crippen LogP contribution is 2.27. The first-order valence-electron chi connectivity index (χ1n) is 4.85. The highest BCUT2D eigenvalue weighted by molar-refractivity contribution is 4.91. The summed E-state index contributed by atoms with van der Waals surface area (Å²) in [6.07, 6.45) is 3.68. The van der Waals surface area contributed by atoms with E-state index in [0.29, 0.717) is 5.92 Å². The molecule has 2 nitrogen and oxygen atoms in total. The zero-order valence-corrected chi connectivity index (χ0v) is 8.01. The lowest BCUT2D eigenvalue weighted by molar-refractivity contribution is 0.471. The lowest BCUT2D eigenvalue weighted by atomic mass is 10.0. The quantitative estimate of drug-likeness (QED) is 0.677. The van der Waals surface area contributed by atoms with E-state index < -0.39 is 0 Å². The molecule has 0 amide bonds. The normalized spacial score (nSPS) is 19.2. The van der Waals surface area contributed by atoms with Crippen LogP contribution in [-0.4, -0.2) is 12.6 Å². The van der Waals surface area contributed by atoms with Crippen molar-refractivity contribution >= 4 is 0 Å². The predicted octanol–water partition coefficient (Wildman–Crippen LogP) is 1.92. The van der Waals surface area contributed by atoms with Crippen LogP contribution in [-0.2, 0) is 0 Å². The summed E-state index contributed by atoms with van der Waals surface area (Å²) in [7, 11) is 0. The van der Waals surface area contributed by atoms with E-state index in [1.54, 1.807) is 0 Å². The van der Waals surface area contributed by atoms with Gasteiger partial charge < -0.3 is 5.32 Å². The molecule has 0 saturated heterocycles. The van der Waals surface area contributed by atoms with E-state index in [0.717, 1.165) is 18.9 Å². The van der Waals surface area contributed by atoms with E-state index in [-0.39, 0.29) is 6.04 Å². The molecule has 68 valence electrons. The van der Waals surface area contributed by atoms with Gasteiger partial charge >= 0.3 is 0 Å². The number of nitrogens with zero attached hydrogens (tertiary/aromatic N) is 1. The topological polar surface area (TPSA) is 35.8 Å². The Labute approximate surface area is 75.0 Å². The molecule has 0 radical (unpaired) electrons. The number of hydrogen-bond acceptors (Lipinski definition) is 2. The molecular formula is C10H18N2. The summed E-state index contributed by atoms with van der Waals surface area (Å²) in [6, 6.07) is 2.38. The Morgan fingerprint density at radius 1 is 1.50 bits per heavy atom. The smallest absolute Gasteiger partial charge is 0.0955 e. The molecule has 1 rings (SSSR count). The number of nitrogens with one attached hydrogen (secondary N) is 1. The van der Waals surface area contributed by atoms with Gasteiger partial charge in [-0.05, 0) is 37.6 Å². The minimum absolute atomic E-state index is 0.0746. The standard InChI is InChI=1S/C10H18N2/c1-8(2)5-10(6-11)12-7-9-3-4-9/h8-10,12H,3-5,7H2,1-2H3. The number of hydrogen-bond donors (Lipinski definition) is 1. The van der Waals surface area contributed by atoms with Gasteiger partial charge in [0.2, 0.25) is 0 Å². The molecule has 1 fully saturated rings. The third-order valence-electron chi connectivity index (χ3n) is 2.21. The first kappa shape index (κ1) is 9.54. The van der Waals surface area contributed by atoms with Gasteiger partial charge in [0, 0.05) is 0 Å². The van der Waals surface area contributed by atoms with Crippen molar-refractivity contribution in [3.8, 4) is 6.07 Å². The highest BCUT2D eigenvalue weighted by Gasteiger charge is 2.22. The summed E-state index contributed by atoms with van der Waals surface area (Å²) in [5, 5.41) is 12.1. The van der Waals surface area contributed by atoms with Crippen molar-refractivity contribution in [1.82, 2.24) is 5.32 Å². The van der Waals surface area contributed by atoms with Gasteiger partial charge in [0.1, 0.15) is 0 Å². The molecular weight excluding hydrogens is 148 g/mol. The van der Waals surface area contributed by atoms with Crippen molar-refractivity contribution in [2.45, 2.75) is 39.2 Å². The Hall–Kier alpha value is -0.550. The number of nitriles is 1. The second kappa shape index (κ2) is 4.47. The molecule has 1 aliphatic carbocycles. The van der Waals surface area contributed by atoms with Gasteiger partial charge in [-0.25, -0.2) is 0 Å². The second-order valence-corrected chi connectivity index (χ2v) is 4.16. The fraction of sp³-hybridized carbons (Fsp3) is 0.900. The monoisotopic (exact) mass is 166 g/mol. The summed E-state index contributed by atoms with van der Waals surface area (Å²) in [5.74, 6) is 1.48. The Morgan fingerprint density at radius 3 is 2.58 bits per heavy atom. The first-order valence-corrected chi connectivity index (χ1v) is 4.85. The van der Waals surface area contributed by atoms with E-state index in [1.165, 1.54) is 12.8 Å². The van der Waals surface area contributed by atoms with Crippen molar-refractivity contribution in [3.63, 3.8) is 0 Å². The summed E-state index contributed by atoms with van der Waals surface area (Å²) in [5.41, 5.74) is 0.